The van der Waals surface area contributed by atoms with Crippen molar-refractivity contribution in [3.05, 3.63) is 29.1 Å². The van der Waals surface area contributed by atoms with Gasteiger partial charge in [-0.25, -0.2) is 13.2 Å². The molecule has 17 heavy (non-hydrogen) atoms. The summed E-state index contributed by atoms with van der Waals surface area (Å²) in [5.74, 6) is -4.17. The van der Waals surface area contributed by atoms with Crippen LogP contribution >= 0.6 is 0 Å². The van der Waals surface area contributed by atoms with E-state index < -0.39 is 23.2 Å². The molecule has 1 saturated heterocycles. The van der Waals surface area contributed by atoms with Crippen LogP contribution in [0.4, 0.5) is 13.2 Å². The van der Waals surface area contributed by atoms with Gasteiger partial charge >= 0.3 is 0 Å². The molecule has 1 aliphatic heterocycles. The van der Waals surface area contributed by atoms with E-state index in [1.165, 1.54) is 0 Å². The second kappa shape index (κ2) is 4.96. The number of benzene rings is 1. The standard InChI is InChI=1S/C12H14F3NO/c13-9-5-10(14)12(17)8(11(9)15)4-7-2-1-3-16-6-7/h5,7,16-17H,1-4,6H2. The zero-order chi connectivity index (χ0) is 12.4. The number of hydrogen-bond donors (Lipinski definition) is 2. The summed E-state index contributed by atoms with van der Waals surface area (Å²) in [6, 6.07) is 0.368. The monoisotopic (exact) mass is 245 g/mol. The molecule has 0 amide bonds. The lowest BCUT2D eigenvalue weighted by Gasteiger charge is -2.23. The van der Waals surface area contributed by atoms with Gasteiger partial charge in [0, 0.05) is 11.6 Å². The highest BCUT2D eigenvalue weighted by atomic mass is 19.2. The number of aromatic hydroxyl groups is 1. The van der Waals surface area contributed by atoms with Crippen molar-refractivity contribution in [2.24, 2.45) is 5.92 Å². The summed E-state index contributed by atoms with van der Waals surface area (Å²) in [4.78, 5) is 0. The summed E-state index contributed by atoms with van der Waals surface area (Å²) in [5, 5.41) is 12.6. The first kappa shape index (κ1) is 12.2. The highest BCUT2D eigenvalue weighted by Gasteiger charge is 2.22. The molecule has 2 N–H and O–H groups in total. The number of hydrogen-bond acceptors (Lipinski definition) is 2. The maximum Gasteiger partial charge on any atom is 0.168 e. The van der Waals surface area contributed by atoms with Gasteiger partial charge in [0.15, 0.2) is 23.2 Å². The Kier molecular flexibility index (Phi) is 3.57. The first-order chi connectivity index (χ1) is 8.09. The molecule has 1 aliphatic rings. The van der Waals surface area contributed by atoms with Gasteiger partial charge in [0.2, 0.25) is 0 Å². The van der Waals surface area contributed by atoms with E-state index in [9.17, 15) is 18.3 Å². The maximum absolute atomic E-state index is 13.5. The molecule has 2 rings (SSSR count). The molecule has 1 fully saturated rings. The Balaban J connectivity index is 2.24. The third kappa shape index (κ3) is 2.54. The van der Waals surface area contributed by atoms with Crippen molar-refractivity contribution in [1.29, 1.82) is 0 Å². The van der Waals surface area contributed by atoms with Crippen LogP contribution < -0.4 is 5.32 Å². The minimum atomic E-state index is -1.25. The molecule has 94 valence electrons. The Morgan fingerprint density at radius 1 is 1.29 bits per heavy atom. The molecule has 0 aromatic heterocycles. The van der Waals surface area contributed by atoms with Gasteiger partial charge in [-0.2, -0.15) is 0 Å². The Labute approximate surface area is 97.5 Å². The van der Waals surface area contributed by atoms with E-state index in [0.717, 1.165) is 19.4 Å². The third-order valence-electron chi connectivity index (χ3n) is 3.13. The summed E-state index contributed by atoms with van der Waals surface area (Å²) in [5.41, 5.74) is -0.254. The van der Waals surface area contributed by atoms with Gasteiger partial charge < -0.3 is 10.4 Å². The minimum absolute atomic E-state index is 0.102. The average molecular weight is 245 g/mol. The van der Waals surface area contributed by atoms with Crippen LogP contribution in [0.15, 0.2) is 6.07 Å². The normalized spacial score (nSPS) is 20.5. The highest BCUT2D eigenvalue weighted by Crippen LogP contribution is 2.29. The van der Waals surface area contributed by atoms with E-state index in [4.69, 9.17) is 0 Å². The number of nitrogens with one attached hydrogen (secondary N) is 1. The number of phenolic OH excluding ortho intramolecular Hbond substituents is 1. The van der Waals surface area contributed by atoms with Crippen LogP contribution in [0.5, 0.6) is 5.75 Å². The van der Waals surface area contributed by atoms with Gasteiger partial charge in [-0.1, -0.05) is 0 Å². The van der Waals surface area contributed by atoms with Crippen LogP contribution in [0, 0.1) is 23.4 Å². The second-order valence-corrected chi connectivity index (χ2v) is 4.40. The Morgan fingerprint density at radius 2 is 2.06 bits per heavy atom. The van der Waals surface area contributed by atoms with Crippen LogP contribution in [0.3, 0.4) is 0 Å². The number of rotatable bonds is 2. The van der Waals surface area contributed by atoms with Crippen molar-refractivity contribution >= 4 is 0 Å². The zero-order valence-corrected chi connectivity index (χ0v) is 9.27. The highest BCUT2D eigenvalue weighted by molar-refractivity contribution is 5.36. The molecule has 5 heteroatoms. The summed E-state index contributed by atoms with van der Waals surface area (Å²) in [7, 11) is 0. The smallest absolute Gasteiger partial charge is 0.168 e. The van der Waals surface area contributed by atoms with Crippen molar-refractivity contribution in [3.63, 3.8) is 0 Å². The molecule has 2 nitrogen and oxygen atoms in total. The maximum atomic E-state index is 13.5. The van der Waals surface area contributed by atoms with E-state index in [2.05, 4.69) is 5.32 Å². The fraction of sp³-hybridized carbons (Fsp3) is 0.500. The second-order valence-electron chi connectivity index (χ2n) is 4.40. The molecule has 0 bridgehead atoms. The minimum Gasteiger partial charge on any atom is -0.505 e. The lowest BCUT2D eigenvalue weighted by molar-refractivity contribution is 0.352. The predicted octanol–water partition coefficient (Wildman–Crippen LogP) is 2.35. The fourth-order valence-electron chi connectivity index (χ4n) is 2.21. The van der Waals surface area contributed by atoms with Gasteiger partial charge in [0.1, 0.15) is 0 Å². The average Bonchev–Trinajstić information content (AvgIpc) is 2.33. The zero-order valence-electron chi connectivity index (χ0n) is 9.27. The first-order valence-corrected chi connectivity index (χ1v) is 5.65. The topological polar surface area (TPSA) is 32.3 Å². The molecular weight excluding hydrogens is 231 g/mol. The SMILES string of the molecule is Oc1c(F)cc(F)c(F)c1CC1CCCNC1. The van der Waals surface area contributed by atoms with E-state index in [-0.39, 0.29) is 17.9 Å². The van der Waals surface area contributed by atoms with Crippen LogP contribution in [0.1, 0.15) is 18.4 Å². The lowest BCUT2D eigenvalue weighted by Crippen LogP contribution is -2.31. The van der Waals surface area contributed by atoms with Gasteiger partial charge in [-0.3, -0.25) is 0 Å². The Morgan fingerprint density at radius 3 is 2.71 bits per heavy atom. The van der Waals surface area contributed by atoms with Crippen molar-refractivity contribution < 1.29 is 18.3 Å². The summed E-state index contributed by atoms with van der Waals surface area (Å²) in [6.45, 7) is 1.58. The van der Waals surface area contributed by atoms with Crippen LogP contribution in [0.25, 0.3) is 0 Å². The molecule has 1 aromatic carbocycles. The van der Waals surface area contributed by atoms with E-state index in [1.807, 2.05) is 0 Å². The van der Waals surface area contributed by atoms with Crippen molar-refractivity contribution in [3.8, 4) is 5.75 Å². The molecule has 0 aliphatic carbocycles. The van der Waals surface area contributed by atoms with Gasteiger partial charge in [0.05, 0.1) is 0 Å². The van der Waals surface area contributed by atoms with Gasteiger partial charge in [-0.05, 0) is 38.3 Å². The summed E-state index contributed by atoms with van der Waals surface area (Å²) >= 11 is 0. The summed E-state index contributed by atoms with van der Waals surface area (Å²) in [6.07, 6.45) is 1.97. The van der Waals surface area contributed by atoms with Gasteiger partial charge in [0.25, 0.3) is 0 Å². The quantitative estimate of drug-likeness (QED) is 0.784. The molecule has 1 aromatic rings. The van der Waals surface area contributed by atoms with Gasteiger partial charge in [-0.15, -0.1) is 0 Å². The van der Waals surface area contributed by atoms with E-state index >= 15 is 0 Å². The summed E-state index contributed by atoms with van der Waals surface area (Å²) < 4.78 is 39.6. The number of halogens is 3. The van der Waals surface area contributed by atoms with Crippen molar-refractivity contribution in [2.75, 3.05) is 13.1 Å². The molecule has 1 unspecified atom stereocenters. The number of piperidine rings is 1. The third-order valence-corrected chi connectivity index (χ3v) is 3.13. The molecule has 0 spiro atoms. The first-order valence-electron chi connectivity index (χ1n) is 5.65. The largest absolute Gasteiger partial charge is 0.505 e. The van der Waals surface area contributed by atoms with E-state index in [1.54, 1.807) is 0 Å². The lowest BCUT2D eigenvalue weighted by atomic mass is 9.91. The van der Waals surface area contributed by atoms with Crippen LogP contribution in [-0.4, -0.2) is 18.2 Å². The fourth-order valence-corrected chi connectivity index (χ4v) is 2.21. The molecular formula is C12H14F3NO. The Bertz CT molecular complexity index is 390. The van der Waals surface area contributed by atoms with Crippen molar-refractivity contribution in [1.82, 2.24) is 5.32 Å². The van der Waals surface area contributed by atoms with E-state index in [0.29, 0.717) is 12.6 Å². The molecule has 0 saturated carbocycles. The molecule has 1 heterocycles. The van der Waals surface area contributed by atoms with Crippen LogP contribution in [0.2, 0.25) is 0 Å². The molecule has 0 radical (unpaired) electrons. The van der Waals surface area contributed by atoms with Crippen molar-refractivity contribution in [2.45, 2.75) is 19.3 Å². The Hall–Kier alpha value is -1.23. The van der Waals surface area contributed by atoms with Crippen LogP contribution in [-0.2, 0) is 6.42 Å². The molecule has 1 atom stereocenters. The number of phenols is 1. The predicted molar refractivity (Wildman–Crippen MR) is 57.3 cm³/mol.